The molecule has 0 aliphatic carbocycles. The zero-order valence-electron chi connectivity index (χ0n) is 15.3. The largest absolute Gasteiger partial charge is 0.508 e. The molecule has 0 saturated heterocycles. The Kier molecular flexibility index (Phi) is 3.85. The van der Waals surface area contributed by atoms with Crippen LogP contribution >= 0.6 is 0 Å². The zero-order chi connectivity index (χ0) is 20.0. The molecule has 0 radical (unpaired) electrons. The lowest BCUT2D eigenvalue weighted by atomic mass is 9.92. The quantitative estimate of drug-likeness (QED) is 0.386. The predicted molar refractivity (Wildman–Crippen MR) is 114 cm³/mol. The van der Waals surface area contributed by atoms with E-state index in [1.807, 2.05) is 72.8 Å². The molecule has 0 aliphatic heterocycles. The van der Waals surface area contributed by atoms with Gasteiger partial charge >= 0.3 is 0 Å². The summed E-state index contributed by atoms with van der Waals surface area (Å²) in [6, 6.07) is 25.8. The second kappa shape index (κ2) is 6.53. The number of hydrogen-bond donors (Lipinski definition) is 2. The number of hydrogen-bond acceptors (Lipinski definition) is 4. The van der Waals surface area contributed by atoms with Gasteiger partial charge in [-0.05, 0) is 34.4 Å². The topological polar surface area (TPSA) is 70.7 Å². The summed E-state index contributed by atoms with van der Waals surface area (Å²) >= 11 is 0. The molecule has 0 unspecified atom stereocenters. The number of benzene rings is 4. The summed E-state index contributed by atoms with van der Waals surface area (Å²) in [6.45, 7) is 0. The fourth-order valence-electron chi connectivity index (χ4n) is 3.70. The summed E-state index contributed by atoms with van der Waals surface area (Å²) in [5, 5.41) is 20.4. The van der Waals surface area contributed by atoms with Crippen LogP contribution in [0.5, 0.6) is 11.5 Å². The van der Waals surface area contributed by atoms with Crippen LogP contribution in [0.15, 0.2) is 94.1 Å². The van der Waals surface area contributed by atoms with Gasteiger partial charge in [0.2, 0.25) is 5.43 Å². The van der Waals surface area contributed by atoms with Crippen molar-refractivity contribution in [3.63, 3.8) is 0 Å². The van der Waals surface area contributed by atoms with E-state index in [0.29, 0.717) is 11.0 Å². The molecule has 5 aromatic rings. The molecule has 4 nitrogen and oxygen atoms in total. The first kappa shape index (κ1) is 17.1. The molecule has 140 valence electrons. The van der Waals surface area contributed by atoms with Gasteiger partial charge in [-0.2, -0.15) is 0 Å². The first-order chi connectivity index (χ1) is 14.1. The van der Waals surface area contributed by atoms with Gasteiger partial charge in [-0.15, -0.1) is 0 Å². The molecule has 0 atom stereocenters. The van der Waals surface area contributed by atoms with E-state index in [1.165, 1.54) is 6.07 Å². The van der Waals surface area contributed by atoms with Crippen molar-refractivity contribution in [3.8, 4) is 33.8 Å². The maximum Gasteiger partial charge on any atom is 0.204 e. The van der Waals surface area contributed by atoms with Crippen LogP contribution in [-0.4, -0.2) is 10.2 Å². The summed E-state index contributed by atoms with van der Waals surface area (Å²) < 4.78 is 5.92. The molecular weight excluding hydrogens is 364 g/mol. The van der Waals surface area contributed by atoms with Gasteiger partial charge < -0.3 is 14.6 Å². The van der Waals surface area contributed by atoms with Crippen molar-refractivity contribution in [2.45, 2.75) is 0 Å². The Bertz CT molecular complexity index is 1420. The molecule has 4 heteroatoms. The first-order valence-electron chi connectivity index (χ1n) is 9.19. The smallest absolute Gasteiger partial charge is 0.204 e. The van der Waals surface area contributed by atoms with E-state index in [-0.39, 0.29) is 27.9 Å². The Labute approximate surface area is 165 Å². The molecule has 0 aliphatic rings. The minimum absolute atomic E-state index is 0.0572. The van der Waals surface area contributed by atoms with Gasteiger partial charge in [0.1, 0.15) is 28.1 Å². The van der Waals surface area contributed by atoms with Gasteiger partial charge in [-0.1, -0.05) is 60.7 Å². The molecule has 0 bridgehead atoms. The third-order valence-electron chi connectivity index (χ3n) is 5.05. The van der Waals surface area contributed by atoms with Gasteiger partial charge in [-0.25, -0.2) is 0 Å². The molecule has 1 aromatic heterocycles. The maximum atomic E-state index is 13.1. The van der Waals surface area contributed by atoms with E-state index in [0.717, 1.165) is 28.3 Å². The van der Waals surface area contributed by atoms with Crippen LogP contribution in [0.3, 0.4) is 0 Å². The van der Waals surface area contributed by atoms with Crippen molar-refractivity contribution in [1.29, 1.82) is 0 Å². The summed E-state index contributed by atoms with van der Waals surface area (Å²) in [5.41, 5.74) is 4.00. The van der Waals surface area contributed by atoms with E-state index >= 15 is 0 Å². The van der Waals surface area contributed by atoms with E-state index in [4.69, 9.17) is 4.42 Å². The van der Waals surface area contributed by atoms with Gasteiger partial charge in [0.15, 0.2) is 0 Å². The van der Waals surface area contributed by atoms with Gasteiger partial charge in [-0.3, -0.25) is 4.79 Å². The van der Waals surface area contributed by atoms with Crippen molar-refractivity contribution in [3.05, 3.63) is 95.2 Å². The predicted octanol–water partition coefficient (Wildman–Crippen LogP) is 5.69. The van der Waals surface area contributed by atoms with Gasteiger partial charge in [0, 0.05) is 12.1 Å². The highest BCUT2D eigenvalue weighted by atomic mass is 16.3. The third kappa shape index (κ3) is 2.82. The highest BCUT2D eigenvalue weighted by Gasteiger charge is 2.17. The lowest BCUT2D eigenvalue weighted by molar-refractivity contribution is 0.453. The third-order valence-corrected chi connectivity index (χ3v) is 5.05. The van der Waals surface area contributed by atoms with Crippen molar-refractivity contribution in [1.82, 2.24) is 0 Å². The van der Waals surface area contributed by atoms with Crippen LogP contribution in [0.1, 0.15) is 0 Å². The van der Waals surface area contributed by atoms with Crippen LogP contribution in [0.2, 0.25) is 0 Å². The average Bonchev–Trinajstić information content (AvgIpc) is 2.74. The molecule has 0 fully saturated rings. The summed E-state index contributed by atoms with van der Waals surface area (Å²) in [7, 11) is 0. The molecule has 5 rings (SSSR count). The van der Waals surface area contributed by atoms with Crippen molar-refractivity contribution in [2.75, 3.05) is 0 Å². The molecular formula is C25H16O4. The van der Waals surface area contributed by atoms with Crippen LogP contribution < -0.4 is 5.43 Å². The molecule has 0 saturated carbocycles. The van der Waals surface area contributed by atoms with Crippen molar-refractivity contribution >= 4 is 21.9 Å². The summed E-state index contributed by atoms with van der Waals surface area (Å²) in [5.74, 6) is -0.467. The van der Waals surface area contributed by atoms with Crippen molar-refractivity contribution in [2.24, 2.45) is 0 Å². The Hall–Kier alpha value is -4.05. The lowest BCUT2D eigenvalue weighted by Crippen LogP contribution is -2.03. The van der Waals surface area contributed by atoms with Gasteiger partial charge in [0.25, 0.3) is 0 Å². The number of rotatable bonds is 2. The Morgan fingerprint density at radius 3 is 1.86 bits per heavy atom. The standard InChI is InChI=1S/C25H16O4/c26-17-11-21(27)24-23(12-17)29-22-14-19(16-9-5-2-6-10-16)18(13-20(22)25(24)28)15-7-3-1-4-8-15/h1-14,26-27H. The normalized spacial score (nSPS) is 11.2. The Morgan fingerprint density at radius 1 is 0.655 bits per heavy atom. The Balaban J connectivity index is 1.92. The molecule has 29 heavy (non-hydrogen) atoms. The fraction of sp³-hybridized carbons (Fsp3) is 0. The van der Waals surface area contributed by atoms with E-state index in [9.17, 15) is 15.0 Å². The van der Waals surface area contributed by atoms with Gasteiger partial charge in [0.05, 0.1) is 5.39 Å². The summed E-state index contributed by atoms with van der Waals surface area (Å²) in [6.07, 6.45) is 0. The Morgan fingerprint density at radius 2 is 1.24 bits per heavy atom. The van der Waals surface area contributed by atoms with Crippen LogP contribution in [0, 0.1) is 0 Å². The average molecular weight is 380 g/mol. The monoisotopic (exact) mass is 380 g/mol. The second-order valence-electron chi connectivity index (χ2n) is 6.90. The molecule has 2 N–H and O–H groups in total. The zero-order valence-corrected chi connectivity index (χ0v) is 15.3. The lowest BCUT2D eigenvalue weighted by Gasteiger charge is -2.13. The number of phenolic OH excluding ortho intramolecular Hbond substituents is 2. The molecule has 1 heterocycles. The highest BCUT2D eigenvalue weighted by Crippen LogP contribution is 2.37. The maximum absolute atomic E-state index is 13.1. The van der Waals surface area contributed by atoms with Crippen LogP contribution in [-0.2, 0) is 0 Å². The number of fused-ring (bicyclic) bond motifs is 2. The van der Waals surface area contributed by atoms with Crippen LogP contribution in [0.4, 0.5) is 0 Å². The van der Waals surface area contributed by atoms with E-state index < -0.39 is 0 Å². The highest BCUT2D eigenvalue weighted by molar-refractivity contribution is 5.99. The number of phenols is 2. The first-order valence-corrected chi connectivity index (χ1v) is 9.19. The molecule has 0 amide bonds. The molecule has 4 aromatic carbocycles. The SMILES string of the molecule is O=c1c2cc(-c3ccccc3)c(-c3ccccc3)cc2oc2cc(O)cc(O)c12. The summed E-state index contributed by atoms with van der Waals surface area (Å²) in [4.78, 5) is 13.1. The van der Waals surface area contributed by atoms with E-state index in [1.54, 1.807) is 0 Å². The molecule has 0 spiro atoms. The minimum Gasteiger partial charge on any atom is -0.508 e. The van der Waals surface area contributed by atoms with E-state index in [2.05, 4.69) is 0 Å². The fourth-order valence-corrected chi connectivity index (χ4v) is 3.70. The van der Waals surface area contributed by atoms with Crippen LogP contribution in [0.25, 0.3) is 44.2 Å². The number of aromatic hydroxyl groups is 2. The second-order valence-corrected chi connectivity index (χ2v) is 6.90. The van der Waals surface area contributed by atoms with Crippen molar-refractivity contribution < 1.29 is 14.6 Å². The minimum atomic E-state index is -0.337.